The molecule has 1 atom stereocenters. The Labute approximate surface area is 111 Å². The first kappa shape index (κ1) is 13.6. The summed E-state index contributed by atoms with van der Waals surface area (Å²) in [5.41, 5.74) is 4.28. The lowest BCUT2D eigenvalue weighted by Crippen LogP contribution is -2.22. The lowest BCUT2D eigenvalue weighted by Gasteiger charge is -2.10. The largest absolute Gasteiger partial charge is 0.316 e. The van der Waals surface area contributed by atoms with Gasteiger partial charge in [-0.15, -0.1) is 0 Å². The molecule has 0 amide bonds. The van der Waals surface area contributed by atoms with E-state index in [0.717, 1.165) is 25.4 Å². The standard InChI is InChI=1S/C16H26N2/c1-13-3-4-14(2)16(11-13)7-10-17-8-5-15-6-9-18-12-15/h3-4,11,15,17-18H,5-10,12H2,1-2H3. The van der Waals surface area contributed by atoms with E-state index in [2.05, 4.69) is 42.7 Å². The third-order valence-corrected chi connectivity index (χ3v) is 3.97. The Balaban J connectivity index is 1.64. The first-order valence-corrected chi connectivity index (χ1v) is 7.23. The topological polar surface area (TPSA) is 24.1 Å². The van der Waals surface area contributed by atoms with E-state index in [9.17, 15) is 0 Å². The van der Waals surface area contributed by atoms with Crippen molar-refractivity contribution in [1.29, 1.82) is 0 Å². The summed E-state index contributed by atoms with van der Waals surface area (Å²) < 4.78 is 0. The molecule has 2 nitrogen and oxygen atoms in total. The quantitative estimate of drug-likeness (QED) is 0.753. The van der Waals surface area contributed by atoms with E-state index in [1.165, 1.54) is 42.6 Å². The van der Waals surface area contributed by atoms with E-state index < -0.39 is 0 Å². The number of hydrogen-bond donors (Lipinski definition) is 2. The maximum atomic E-state index is 3.58. The molecule has 1 aliphatic rings. The van der Waals surface area contributed by atoms with Crippen molar-refractivity contribution in [2.75, 3.05) is 26.2 Å². The molecule has 0 spiro atoms. The first-order chi connectivity index (χ1) is 8.75. The van der Waals surface area contributed by atoms with Crippen molar-refractivity contribution >= 4 is 0 Å². The molecule has 1 aliphatic heterocycles. The highest BCUT2D eigenvalue weighted by Gasteiger charge is 2.13. The summed E-state index contributed by atoms with van der Waals surface area (Å²) in [6, 6.07) is 6.74. The van der Waals surface area contributed by atoms with Gasteiger partial charge in [-0.25, -0.2) is 0 Å². The van der Waals surface area contributed by atoms with Crippen LogP contribution in [-0.4, -0.2) is 26.2 Å². The van der Waals surface area contributed by atoms with Crippen molar-refractivity contribution in [2.45, 2.75) is 33.1 Å². The molecule has 100 valence electrons. The van der Waals surface area contributed by atoms with E-state index in [1.807, 2.05) is 0 Å². The zero-order valence-corrected chi connectivity index (χ0v) is 11.8. The van der Waals surface area contributed by atoms with E-state index in [-0.39, 0.29) is 0 Å². The van der Waals surface area contributed by atoms with Crippen molar-refractivity contribution in [1.82, 2.24) is 10.6 Å². The number of benzene rings is 1. The number of hydrogen-bond acceptors (Lipinski definition) is 2. The maximum Gasteiger partial charge on any atom is -0.000825 e. The second-order valence-corrected chi connectivity index (χ2v) is 5.58. The van der Waals surface area contributed by atoms with Crippen LogP contribution in [0.15, 0.2) is 18.2 Å². The Morgan fingerprint density at radius 2 is 2.17 bits per heavy atom. The van der Waals surface area contributed by atoms with E-state index in [4.69, 9.17) is 0 Å². The number of aryl methyl sites for hydroxylation is 2. The van der Waals surface area contributed by atoms with Gasteiger partial charge in [0.15, 0.2) is 0 Å². The summed E-state index contributed by atoms with van der Waals surface area (Å²) in [6.45, 7) is 9.08. The summed E-state index contributed by atoms with van der Waals surface area (Å²) in [4.78, 5) is 0. The van der Waals surface area contributed by atoms with Crippen LogP contribution < -0.4 is 10.6 Å². The van der Waals surface area contributed by atoms with Crippen molar-refractivity contribution in [3.63, 3.8) is 0 Å². The van der Waals surface area contributed by atoms with Crippen LogP contribution in [0.4, 0.5) is 0 Å². The molecule has 2 N–H and O–H groups in total. The summed E-state index contributed by atoms with van der Waals surface area (Å²) in [5.74, 6) is 0.901. The van der Waals surface area contributed by atoms with Crippen LogP contribution in [0.1, 0.15) is 29.5 Å². The highest BCUT2D eigenvalue weighted by atomic mass is 14.9. The third kappa shape index (κ3) is 4.11. The minimum Gasteiger partial charge on any atom is -0.316 e. The normalized spacial score (nSPS) is 19.3. The van der Waals surface area contributed by atoms with Crippen LogP contribution in [0.5, 0.6) is 0 Å². The number of nitrogens with one attached hydrogen (secondary N) is 2. The van der Waals surface area contributed by atoms with Gasteiger partial charge in [-0.1, -0.05) is 23.8 Å². The van der Waals surface area contributed by atoms with Gasteiger partial charge in [-0.3, -0.25) is 0 Å². The first-order valence-electron chi connectivity index (χ1n) is 7.23. The van der Waals surface area contributed by atoms with Gasteiger partial charge in [0, 0.05) is 0 Å². The van der Waals surface area contributed by atoms with Crippen LogP contribution in [0.3, 0.4) is 0 Å². The van der Waals surface area contributed by atoms with Crippen LogP contribution in [0, 0.1) is 19.8 Å². The molecule has 0 saturated carbocycles. The van der Waals surface area contributed by atoms with Crippen LogP contribution in [0.25, 0.3) is 0 Å². The van der Waals surface area contributed by atoms with E-state index in [1.54, 1.807) is 0 Å². The Morgan fingerprint density at radius 1 is 1.28 bits per heavy atom. The van der Waals surface area contributed by atoms with Gasteiger partial charge in [-0.2, -0.15) is 0 Å². The molecule has 1 fully saturated rings. The Kier molecular flexibility index (Phi) is 5.21. The summed E-state index contributed by atoms with van der Waals surface area (Å²) in [6.07, 6.45) is 3.83. The minimum atomic E-state index is 0.901. The van der Waals surface area contributed by atoms with E-state index in [0.29, 0.717) is 0 Å². The Bertz CT molecular complexity index is 367. The predicted molar refractivity (Wildman–Crippen MR) is 78.1 cm³/mol. The molecule has 0 radical (unpaired) electrons. The van der Waals surface area contributed by atoms with Gasteiger partial charge in [0.1, 0.15) is 0 Å². The van der Waals surface area contributed by atoms with Crippen LogP contribution in [-0.2, 0) is 6.42 Å². The Morgan fingerprint density at radius 3 is 2.94 bits per heavy atom. The average Bonchev–Trinajstić information content (AvgIpc) is 2.86. The average molecular weight is 246 g/mol. The molecule has 1 aromatic rings. The van der Waals surface area contributed by atoms with Crippen molar-refractivity contribution in [3.8, 4) is 0 Å². The predicted octanol–water partition coefficient (Wildman–Crippen LogP) is 2.44. The van der Waals surface area contributed by atoms with Crippen molar-refractivity contribution < 1.29 is 0 Å². The molecule has 1 heterocycles. The molecule has 0 aliphatic carbocycles. The maximum absolute atomic E-state index is 3.58. The fourth-order valence-electron chi connectivity index (χ4n) is 2.68. The molecular formula is C16H26N2. The van der Waals surface area contributed by atoms with Gasteiger partial charge >= 0.3 is 0 Å². The van der Waals surface area contributed by atoms with Gasteiger partial charge in [-0.05, 0) is 76.3 Å². The summed E-state index contributed by atoms with van der Waals surface area (Å²) >= 11 is 0. The second-order valence-electron chi connectivity index (χ2n) is 5.58. The van der Waals surface area contributed by atoms with Gasteiger partial charge in [0.05, 0.1) is 0 Å². The highest BCUT2D eigenvalue weighted by Crippen LogP contribution is 2.12. The Hall–Kier alpha value is -0.860. The summed E-state index contributed by atoms with van der Waals surface area (Å²) in [7, 11) is 0. The molecular weight excluding hydrogens is 220 g/mol. The van der Waals surface area contributed by atoms with E-state index >= 15 is 0 Å². The number of rotatable bonds is 6. The van der Waals surface area contributed by atoms with Gasteiger partial charge < -0.3 is 10.6 Å². The monoisotopic (exact) mass is 246 g/mol. The molecule has 0 aromatic heterocycles. The fraction of sp³-hybridized carbons (Fsp3) is 0.625. The second kappa shape index (κ2) is 6.91. The van der Waals surface area contributed by atoms with Gasteiger partial charge in [0.2, 0.25) is 0 Å². The lowest BCUT2D eigenvalue weighted by molar-refractivity contribution is 0.501. The molecule has 1 unspecified atom stereocenters. The third-order valence-electron chi connectivity index (χ3n) is 3.97. The van der Waals surface area contributed by atoms with Crippen molar-refractivity contribution in [3.05, 3.63) is 34.9 Å². The molecule has 1 aromatic carbocycles. The minimum absolute atomic E-state index is 0.901. The highest BCUT2D eigenvalue weighted by molar-refractivity contribution is 5.30. The van der Waals surface area contributed by atoms with Crippen LogP contribution in [0.2, 0.25) is 0 Å². The zero-order valence-electron chi connectivity index (χ0n) is 11.8. The smallest absolute Gasteiger partial charge is 0.000825 e. The summed E-state index contributed by atoms with van der Waals surface area (Å²) in [5, 5.41) is 7.00. The van der Waals surface area contributed by atoms with Crippen LogP contribution >= 0.6 is 0 Å². The molecule has 0 bridgehead atoms. The lowest BCUT2D eigenvalue weighted by atomic mass is 10.0. The fourth-order valence-corrected chi connectivity index (χ4v) is 2.68. The molecule has 18 heavy (non-hydrogen) atoms. The molecule has 2 heteroatoms. The molecule has 1 saturated heterocycles. The van der Waals surface area contributed by atoms with Crippen molar-refractivity contribution in [2.24, 2.45) is 5.92 Å². The zero-order chi connectivity index (χ0) is 12.8. The molecule has 2 rings (SSSR count). The SMILES string of the molecule is Cc1ccc(C)c(CCNCCC2CCNC2)c1. The van der Waals surface area contributed by atoms with Gasteiger partial charge in [0.25, 0.3) is 0 Å².